The van der Waals surface area contributed by atoms with Gasteiger partial charge >= 0.3 is 5.97 Å². The summed E-state index contributed by atoms with van der Waals surface area (Å²) in [6.45, 7) is 2.07. The van der Waals surface area contributed by atoms with Gasteiger partial charge in [0.05, 0.1) is 23.1 Å². The van der Waals surface area contributed by atoms with E-state index in [9.17, 15) is 26.8 Å². The third-order valence-corrected chi connectivity index (χ3v) is 7.05. The molecule has 0 saturated carbocycles. The highest BCUT2D eigenvalue weighted by Crippen LogP contribution is 2.25. The summed E-state index contributed by atoms with van der Waals surface area (Å²) in [4.78, 5) is 26.2. The highest BCUT2D eigenvalue weighted by atomic mass is 32.2. The number of ether oxygens (including phenoxy) is 1. The van der Waals surface area contributed by atoms with Crippen molar-refractivity contribution in [2.45, 2.75) is 24.7 Å². The van der Waals surface area contributed by atoms with Gasteiger partial charge in [-0.15, -0.1) is 0 Å². The van der Waals surface area contributed by atoms with E-state index in [2.05, 4.69) is 0 Å². The second-order valence-corrected chi connectivity index (χ2v) is 9.21. The van der Waals surface area contributed by atoms with Gasteiger partial charge < -0.3 is 9.64 Å². The molecule has 3 rings (SSSR count). The lowest BCUT2D eigenvalue weighted by molar-refractivity contribution is -0.151. The molecule has 0 aromatic heterocycles. The van der Waals surface area contributed by atoms with Gasteiger partial charge in [0, 0.05) is 13.1 Å². The Labute approximate surface area is 185 Å². The predicted molar refractivity (Wildman–Crippen MR) is 113 cm³/mol. The van der Waals surface area contributed by atoms with E-state index in [1.54, 1.807) is 6.92 Å². The van der Waals surface area contributed by atoms with E-state index in [1.807, 2.05) is 0 Å². The van der Waals surface area contributed by atoms with Gasteiger partial charge in [-0.1, -0.05) is 0 Å². The number of anilines is 1. The van der Waals surface area contributed by atoms with Crippen LogP contribution in [0.25, 0.3) is 0 Å². The van der Waals surface area contributed by atoms with Crippen molar-refractivity contribution < 1.29 is 31.5 Å². The smallest absolute Gasteiger partial charge is 0.309 e. The van der Waals surface area contributed by atoms with Gasteiger partial charge in [-0.3, -0.25) is 13.9 Å². The van der Waals surface area contributed by atoms with Crippen LogP contribution in [0.4, 0.5) is 14.5 Å². The van der Waals surface area contributed by atoms with Crippen LogP contribution in [-0.4, -0.2) is 51.4 Å². The Balaban J connectivity index is 1.80. The molecule has 1 heterocycles. The normalized spacial score (nSPS) is 14.8. The van der Waals surface area contributed by atoms with Crippen molar-refractivity contribution in [3.63, 3.8) is 0 Å². The van der Waals surface area contributed by atoms with E-state index in [0.717, 1.165) is 40.7 Å². The third kappa shape index (κ3) is 5.42. The summed E-state index contributed by atoms with van der Waals surface area (Å²) in [6.07, 6.45) is 0.845. The molecule has 0 aliphatic carbocycles. The zero-order chi connectivity index (χ0) is 23.3. The fourth-order valence-corrected chi connectivity index (χ4v) is 4.92. The first-order chi connectivity index (χ1) is 15.2. The maximum absolute atomic E-state index is 13.4. The average Bonchev–Trinajstić information content (AvgIpc) is 2.78. The molecule has 10 heteroatoms. The Morgan fingerprint density at radius 2 is 1.53 bits per heavy atom. The summed E-state index contributed by atoms with van der Waals surface area (Å²) in [5.41, 5.74) is 0.102. The number of hydrogen-bond acceptors (Lipinski definition) is 5. The minimum Gasteiger partial charge on any atom is -0.466 e. The molecular weight excluding hydrogens is 442 g/mol. The van der Waals surface area contributed by atoms with Crippen LogP contribution in [-0.2, 0) is 24.3 Å². The van der Waals surface area contributed by atoms with Crippen LogP contribution in [0.3, 0.4) is 0 Å². The van der Waals surface area contributed by atoms with Crippen molar-refractivity contribution in [3.05, 3.63) is 60.2 Å². The molecule has 0 bridgehead atoms. The van der Waals surface area contributed by atoms with Crippen LogP contribution in [0.5, 0.6) is 0 Å². The lowest BCUT2D eigenvalue weighted by Gasteiger charge is -2.33. The van der Waals surface area contributed by atoms with E-state index in [1.165, 1.54) is 17.0 Å². The van der Waals surface area contributed by atoms with E-state index < -0.39 is 34.1 Å². The molecule has 32 heavy (non-hydrogen) atoms. The largest absolute Gasteiger partial charge is 0.466 e. The molecule has 2 aromatic rings. The van der Waals surface area contributed by atoms with E-state index in [0.29, 0.717) is 12.8 Å². The molecule has 2 aromatic carbocycles. The monoisotopic (exact) mass is 466 g/mol. The first kappa shape index (κ1) is 23.6. The number of sulfonamides is 1. The lowest BCUT2D eigenvalue weighted by Crippen LogP contribution is -2.46. The third-order valence-electron chi connectivity index (χ3n) is 5.26. The second kappa shape index (κ2) is 10.1. The number of hydrogen-bond donors (Lipinski definition) is 0. The highest BCUT2D eigenvalue weighted by molar-refractivity contribution is 7.92. The fraction of sp³-hybridized carbons (Fsp3) is 0.364. The molecule has 172 valence electrons. The summed E-state index contributed by atoms with van der Waals surface area (Å²) in [5.74, 6) is -2.21. The Kier molecular flexibility index (Phi) is 7.44. The molecule has 1 aliphatic heterocycles. The van der Waals surface area contributed by atoms with Gasteiger partial charge in [0.2, 0.25) is 5.91 Å². The molecule has 0 spiro atoms. The number of nitrogens with zero attached hydrogens (tertiary/aromatic N) is 2. The number of esters is 1. The number of carbonyl (C=O) groups excluding carboxylic acids is 2. The standard InChI is InChI=1S/C22H24F2N2O5S/c1-2-31-22(28)16-11-13-25(14-12-16)21(27)15-26(19-7-3-17(23)4-8-19)32(29,30)20-9-5-18(24)6-10-20/h3-10,16H,2,11-15H2,1H3. The maximum atomic E-state index is 13.4. The zero-order valence-electron chi connectivity index (χ0n) is 17.5. The van der Waals surface area contributed by atoms with Gasteiger partial charge in [0.25, 0.3) is 10.0 Å². The van der Waals surface area contributed by atoms with Gasteiger partial charge in [-0.25, -0.2) is 17.2 Å². The molecule has 7 nitrogen and oxygen atoms in total. The van der Waals surface area contributed by atoms with Crippen LogP contribution < -0.4 is 4.31 Å². The molecule has 1 fully saturated rings. The SMILES string of the molecule is CCOC(=O)C1CCN(C(=O)CN(c2ccc(F)cc2)S(=O)(=O)c2ccc(F)cc2)CC1. The van der Waals surface area contributed by atoms with E-state index in [-0.39, 0.29) is 42.2 Å². The topological polar surface area (TPSA) is 84.0 Å². The quantitative estimate of drug-likeness (QED) is 0.586. The van der Waals surface area contributed by atoms with Crippen LogP contribution in [0, 0.1) is 17.6 Å². The van der Waals surface area contributed by atoms with Gasteiger partial charge in [0.15, 0.2) is 0 Å². The van der Waals surface area contributed by atoms with Gasteiger partial charge in [0.1, 0.15) is 18.2 Å². The minimum absolute atomic E-state index is 0.102. The Morgan fingerprint density at radius 3 is 2.06 bits per heavy atom. The molecule has 0 radical (unpaired) electrons. The van der Waals surface area contributed by atoms with Gasteiger partial charge in [-0.05, 0) is 68.3 Å². The van der Waals surface area contributed by atoms with Crippen LogP contribution in [0.15, 0.2) is 53.4 Å². The summed E-state index contributed by atoms with van der Waals surface area (Å²) >= 11 is 0. The van der Waals surface area contributed by atoms with Crippen molar-refractivity contribution in [2.24, 2.45) is 5.92 Å². The molecule has 1 aliphatic rings. The first-order valence-electron chi connectivity index (χ1n) is 10.2. The Bertz CT molecular complexity index is 1050. The molecule has 0 unspecified atom stereocenters. The molecule has 1 amide bonds. The minimum atomic E-state index is -4.23. The zero-order valence-corrected chi connectivity index (χ0v) is 18.4. The summed E-state index contributed by atoms with van der Waals surface area (Å²) < 4.78 is 59.1. The Hall–Kier alpha value is -3.01. The Morgan fingerprint density at radius 1 is 1.00 bits per heavy atom. The molecule has 0 atom stereocenters. The van der Waals surface area contributed by atoms with E-state index >= 15 is 0 Å². The predicted octanol–water partition coefficient (Wildman–Crippen LogP) is 2.96. The number of benzene rings is 2. The van der Waals surface area contributed by atoms with Crippen LogP contribution in [0.1, 0.15) is 19.8 Å². The number of carbonyl (C=O) groups is 2. The number of rotatable bonds is 7. The number of likely N-dealkylation sites (tertiary alicyclic amines) is 1. The lowest BCUT2D eigenvalue weighted by atomic mass is 9.97. The first-order valence-corrected chi connectivity index (χ1v) is 11.6. The number of piperidine rings is 1. The molecular formula is C22H24F2N2O5S. The van der Waals surface area contributed by atoms with Crippen molar-refractivity contribution in [1.29, 1.82) is 0 Å². The van der Waals surface area contributed by atoms with Crippen LogP contribution >= 0.6 is 0 Å². The van der Waals surface area contributed by atoms with Crippen molar-refractivity contribution in [3.8, 4) is 0 Å². The van der Waals surface area contributed by atoms with Crippen LogP contribution in [0.2, 0.25) is 0 Å². The van der Waals surface area contributed by atoms with Gasteiger partial charge in [-0.2, -0.15) is 0 Å². The highest BCUT2D eigenvalue weighted by Gasteiger charge is 2.32. The van der Waals surface area contributed by atoms with E-state index in [4.69, 9.17) is 4.74 Å². The second-order valence-electron chi connectivity index (χ2n) is 7.35. The summed E-state index contributed by atoms with van der Waals surface area (Å²) in [7, 11) is -4.23. The van der Waals surface area contributed by atoms with Crippen molar-refractivity contribution in [1.82, 2.24) is 4.90 Å². The molecule has 1 saturated heterocycles. The number of halogens is 2. The number of amides is 1. The summed E-state index contributed by atoms with van der Waals surface area (Å²) in [5, 5.41) is 0. The van der Waals surface area contributed by atoms with Crippen molar-refractivity contribution in [2.75, 3.05) is 30.5 Å². The van der Waals surface area contributed by atoms with Crippen molar-refractivity contribution >= 4 is 27.6 Å². The summed E-state index contributed by atoms with van der Waals surface area (Å²) in [6, 6.07) is 8.95. The average molecular weight is 467 g/mol. The molecule has 0 N–H and O–H groups in total. The maximum Gasteiger partial charge on any atom is 0.309 e. The fourth-order valence-electron chi connectivity index (χ4n) is 3.50.